The summed E-state index contributed by atoms with van der Waals surface area (Å²) >= 11 is 0. The van der Waals surface area contributed by atoms with Gasteiger partial charge in [0.2, 0.25) is 0 Å². The van der Waals surface area contributed by atoms with E-state index in [1.54, 1.807) is 6.33 Å². The summed E-state index contributed by atoms with van der Waals surface area (Å²) < 4.78 is 2.08. The lowest BCUT2D eigenvalue weighted by Gasteiger charge is -2.13. The van der Waals surface area contributed by atoms with E-state index in [-0.39, 0.29) is 0 Å². The second-order valence-electron chi connectivity index (χ2n) is 7.41. The summed E-state index contributed by atoms with van der Waals surface area (Å²) in [4.78, 5) is 8.13. The Hall–Kier alpha value is -3.61. The third-order valence-corrected chi connectivity index (χ3v) is 5.28. The molecule has 0 aliphatic carbocycles. The number of nitrogens with one attached hydrogen (secondary N) is 3. The molecule has 0 bridgehead atoms. The number of hydrogen-bond donors (Lipinski definition) is 3. The smallest absolute Gasteiger partial charge is 0.191 e. The lowest BCUT2D eigenvalue weighted by atomic mass is 10.1. The van der Waals surface area contributed by atoms with Gasteiger partial charge in [-0.3, -0.25) is 0 Å². The maximum atomic E-state index is 4.78. The number of aliphatic imine (C=N–C) groups is 1. The molecule has 0 unspecified atom stereocenters. The topological polar surface area (TPSA) is 82.9 Å². The minimum absolute atomic E-state index is 0.635. The molecule has 0 atom stereocenters. The second kappa shape index (κ2) is 10.4. The molecule has 7 heteroatoms. The van der Waals surface area contributed by atoms with Gasteiger partial charge in [-0.2, -0.15) is 0 Å². The summed E-state index contributed by atoms with van der Waals surface area (Å²) in [6.45, 7) is 5.07. The third kappa shape index (κ3) is 5.51. The number of hydrogen-bond acceptors (Lipinski definition) is 3. The Balaban J connectivity index is 1.36. The van der Waals surface area contributed by atoms with Gasteiger partial charge in [0.25, 0.3) is 0 Å². The van der Waals surface area contributed by atoms with Crippen LogP contribution in [0.5, 0.6) is 0 Å². The Morgan fingerprint density at radius 1 is 1.03 bits per heavy atom. The molecule has 7 nitrogen and oxygen atoms in total. The van der Waals surface area contributed by atoms with Gasteiger partial charge in [-0.25, -0.2) is 4.99 Å². The molecule has 0 radical (unpaired) electrons. The Kier molecular flexibility index (Phi) is 6.95. The molecule has 4 aromatic rings. The average molecular weight is 416 g/mol. The summed E-state index contributed by atoms with van der Waals surface area (Å²) in [6, 6.07) is 18.7. The summed E-state index contributed by atoms with van der Waals surface area (Å²) in [7, 11) is 0. The predicted octanol–water partition coefficient (Wildman–Crippen LogP) is 3.30. The molecule has 0 amide bonds. The Morgan fingerprint density at radius 3 is 2.71 bits per heavy atom. The van der Waals surface area contributed by atoms with Gasteiger partial charge < -0.3 is 20.2 Å². The van der Waals surface area contributed by atoms with E-state index in [1.807, 2.05) is 18.2 Å². The standard InChI is InChI=1S/C24H29N7/c1-2-23-30-29-18-31(23)15-14-26-24(28-16-19-8-4-3-5-9-19)25-13-12-20-17-27-22-11-7-6-10-21(20)22/h3-11,17-18,27H,2,12-16H2,1H3,(H2,25,26,28). The molecule has 2 aromatic carbocycles. The second-order valence-corrected chi connectivity index (χ2v) is 7.41. The van der Waals surface area contributed by atoms with Gasteiger partial charge in [0.15, 0.2) is 5.96 Å². The summed E-state index contributed by atoms with van der Waals surface area (Å²) in [5.74, 6) is 1.81. The van der Waals surface area contributed by atoms with Crippen molar-refractivity contribution in [2.24, 2.45) is 4.99 Å². The van der Waals surface area contributed by atoms with Crippen molar-refractivity contribution in [2.45, 2.75) is 32.9 Å². The SMILES string of the molecule is CCc1nncn1CCNC(=NCc1ccccc1)NCCc1c[nH]c2ccccc12. The lowest BCUT2D eigenvalue weighted by molar-refractivity contribution is 0.631. The van der Waals surface area contributed by atoms with Gasteiger partial charge >= 0.3 is 0 Å². The van der Waals surface area contributed by atoms with Gasteiger partial charge in [0.1, 0.15) is 12.2 Å². The molecule has 4 rings (SSSR count). The van der Waals surface area contributed by atoms with Crippen LogP contribution in [0.4, 0.5) is 0 Å². The van der Waals surface area contributed by atoms with Crippen molar-refractivity contribution in [1.29, 1.82) is 0 Å². The highest BCUT2D eigenvalue weighted by Crippen LogP contribution is 2.17. The molecule has 0 aliphatic heterocycles. The number of aromatic amines is 1. The molecule has 0 saturated heterocycles. The molecule has 0 fully saturated rings. The number of para-hydroxylation sites is 1. The van der Waals surface area contributed by atoms with E-state index in [0.29, 0.717) is 6.54 Å². The van der Waals surface area contributed by atoms with E-state index in [9.17, 15) is 0 Å². The summed E-state index contributed by atoms with van der Waals surface area (Å²) in [5, 5.41) is 16.4. The first-order chi connectivity index (χ1) is 15.3. The van der Waals surface area contributed by atoms with Crippen molar-refractivity contribution in [3.63, 3.8) is 0 Å². The fourth-order valence-electron chi connectivity index (χ4n) is 3.62. The van der Waals surface area contributed by atoms with Crippen LogP contribution in [0.15, 0.2) is 72.1 Å². The van der Waals surface area contributed by atoms with Gasteiger partial charge in [0.05, 0.1) is 6.54 Å². The van der Waals surface area contributed by atoms with E-state index in [2.05, 4.69) is 79.9 Å². The minimum Gasteiger partial charge on any atom is -0.361 e. The van der Waals surface area contributed by atoms with Crippen LogP contribution in [0.3, 0.4) is 0 Å². The summed E-state index contributed by atoms with van der Waals surface area (Å²) in [5.41, 5.74) is 3.67. The van der Waals surface area contributed by atoms with Gasteiger partial charge in [-0.05, 0) is 23.6 Å². The van der Waals surface area contributed by atoms with Crippen LogP contribution in [0.1, 0.15) is 23.9 Å². The number of rotatable bonds is 9. The van der Waals surface area contributed by atoms with E-state index in [1.165, 1.54) is 22.0 Å². The highest BCUT2D eigenvalue weighted by atomic mass is 15.3. The molecule has 0 aliphatic rings. The number of guanidine groups is 1. The Bertz CT molecular complexity index is 1110. The molecule has 0 spiro atoms. The van der Waals surface area contributed by atoms with Crippen LogP contribution in [0.2, 0.25) is 0 Å². The number of benzene rings is 2. The molecule has 160 valence electrons. The van der Waals surface area contributed by atoms with Crippen molar-refractivity contribution < 1.29 is 0 Å². The minimum atomic E-state index is 0.635. The fourth-order valence-corrected chi connectivity index (χ4v) is 3.62. The average Bonchev–Trinajstić information content (AvgIpc) is 3.44. The van der Waals surface area contributed by atoms with Crippen molar-refractivity contribution in [1.82, 2.24) is 30.4 Å². The maximum Gasteiger partial charge on any atom is 0.191 e. The largest absolute Gasteiger partial charge is 0.361 e. The van der Waals surface area contributed by atoms with E-state index in [0.717, 1.165) is 44.3 Å². The highest BCUT2D eigenvalue weighted by Gasteiger charge is 2.05. The number of H-pyrrole nitrogens is 1. The molecule has 2 aromatic heterocycles. The van der Waals surface area contributed by atoms with Crippen LogP contribution in [0, 0.1) is 0 Å². The zero-order chi connectivity index (χ0) is 21.3. The first kappa shape index (κ1) is 20.7. The zero-order valence-corrected chi connectivity index (χ0v) is 17.9. The molecule has 2 heterocycles. The van der Waals surface area contributed by atoms with E-state index in [4.69, 9.17) is 4.99 Å². The van der Waals surface area contributed by atoms with Crippen LogP contribution >= 0.6 is 0 Å². The summed E-state index contributed by atoms with van der Waals surface area (Å²) in [6.07, 6.45) is 5.67. The first-order valence-electron chi connectivity index (χ1n) is 10.8. The van der Waals surface area contributed by atoms with Crippen LogP contribution in [0.25, 0.3) is 10.9 Å². The molecular formula is C24H29N7. The first-order valence-corrected chi connectivity index (χ1v) is 10.8. The normalized spacial score (nSPS) is 11.7. The van der Waals surface area contributed by atoms with Crippen LogP contribution in [-0.4, -0.2) is 38.8 Å². The number of fused-ring (bicyclic) bond motifs is 1. The lowest BCUT2D eigenvalue weighted by Crippen LogP contribution is -2.40. The Morgan fingerprint density at radius 2 is 1.84 bits per heavy atom. The zero-order valence-electron chi connectivity index (χ0n) is 17.9. The predicted molar refractivity (Wildman–Crippen MR) is 125 cm³/mol. The monoisotopic (exact) mass is 415 g/mol. The quantitative estimate of drug-likeness (QED) is 0.289. The van der Waals surface area contributed by atoms with Gasteiger partial charge in [-0.15, -0.1) is 10.2 Å². The van der Waals surface area contributed by atoms with Crippen molar-refractivity contribution in [3.05, 3.63) is 84.1 Å². The van der Waals surface area contributed by atoms with E-state index < -0.39 is 0 Å². The molecular weight excluding hydrogens is 386 g/mol. The van der Waals surface area contributed by atoms with Crippen LogP contribution < -0.4 is 10.6 Å². The number of aryl methyl sites for hydroxylation is 1. The maximum absolute atomic E-state index is 4.78. The van der Waals surface area contributed by atoms with Crippen molar-refractivity contribution >= 4 is 16.9 Å². The molecule has 31 heavy (non-hydrogen) atoms. The van der Waals surface area contributed by atoms with E-state index >= 15 is 0 Å². The number of nitrogens with zero attached hydrogens (tertiary/aromatic N) is 4. The highest BCUT2D eigenvalue weighted by molar-refractivity contribution is 5.83. The van der Waals surface area contributed by atoms with Crippen molar-refractivity contribution in [3.8, 4) is 0 Å². The fraction of sp³-hybridized carbons (Fsp3) is 0.292. The van der Waals surface area contributed by atoms with Gasteiger partial charge in [-0.1, -0.05) is 55.5 Å². The number of aromatic nitrogens is 4. The Labute approximate surface area is 182 Å². The van der Waals surface area contributed by atoms with Gasteiger partial charge in [0, 0.05) is 43.2 Å². The third-order valence-electron chi connectivity index (χ3n) is 5.28. The van der Waals surface area contributed by atoms with Crippen LogP contribution in [-0.2, 0) is 25.9 Å². The molecule has 3 N–H and O–H groups in total. The van der Waals surface area contributed by atoms with Crippen molar-refractivity contribution in [2.75, 3.05) is 13.1 Å². The molecule has 0 saturated carbocycles.